The fraction of sp³-hybridized carbons (Fsp3) is 0.294. The van der Waals surface area contributed by atoms with Gasteiger partial charge < -0.3 is 9.84 Å². The summed E-state index contributed by atoms with van der Waals surface area (Å²) in [6.07, 6.45) is 1.92. The van der Waals surface area contributed by atoms with Gasteiger partial charge in [-0.2, -0.15) is 0 Å². The molecule has 0 aliphatic rings. The second-order valence-corrected chi connectivity index (χ2v) is 4.72. The minimum absolute atomic E-state index is 0.368. The molecular weight excluding hydrogens is 236 g/mol. The topological polar surface area (TPSA) is 29.5 Å². The zero-order chi connectivity index (χ0) is 13.7. The quantitative estimate of drug-likeness (QED) is 0.867. The highest BCUT2D eigenvalue weighted by Gasteiger charge is 2.09. The van der Waals surface area contributed by atoms with Crippen LogP contribution in [-0.2, 0) is 13.0 Å². The monoisotopic (exact) mass is 256 g/mol. The Morgan fingerprint density at radius 2 is 1.79 bits per heavy atom. The summed E-state index contributed by atoms with van der Waals surface area (Å²) in [6, 6.07) is 13.9. The van der Waals surface area contributed by atoms with Gasteiger partial charge in [0.05, 0.1) is 0 Å². The molecule has 1 N–H and O–H groups in total. The van der Waals surface area contributed by atoms with E-state index in [4.69, 9.17) is 4.74 Å². The van der Waals surface area contributed by atoms with Crippen LogP contribution in [0.1, 0.15) is 30.0 Å². The zero-order valence-electron chi connectivity index (χ0n) is 11.5. The predicted octanol–water partition coefficient (Wildman–Crippen LogP) is 4.23. The lowest BCUT2D eigenvalue weighted by molar-refractivity contribution is 0.301. The van der Waals surface area contributed by atoms with Gasteiger partial charge in [-0.3, -0.25) is 0 Å². The van der Waals surface area contributed by atoms with Crippen LogP contribution in [0.15, 0.2) is 42.5 Å². The standard InChI is InChI=1S/C17H20O2/c1-3-7-15-10-11-16(13(2)17(15)18)19-12-14-8-5-4-6-9-14/h4-6,8-11,18H,3,7,12H2,1-2H3. The van der Waals surface area contributed by atoms with Crippen molar-refractivity contribution in [3.8, 4) is 11.5 Å². The summed E-state index contributed by atoms with van der Waals surface area (Å²) in [5.41, 5.74) is 2.94. The van der Waals surface area contributed by atoms with E-state index in [1.54, 1.807) is 0 Å². The van der Waals surface area contributed by atoms with E-state index in [0.29, 0.717) is 12.4 Å². The van der Waals surface area contributed by atoms with E-state index in [1.165, 1.54) is 0 Å². The van der Waals surface area contributed by atoms with Crippen molar-refractivity contribution >= 4 is 0 Å². The summed E-state index contributed by atoms with van der Waals surface area (Å²) in [5, 5.41) is 10.1. The lowest BCUT2D eigenvalue weighted by Gasteiger charge is -2.13. The average Bonchev–Trinajstić information content (AvgIpc) is 2.44. The molecule has 0 aliphatic heterocycles. The normalized spacial score (nSPS) is 10.4. The van der Waals surface area contributed by atoms with Crippen molar-refractivity contribution in [1.29, 1.82) is 0 Å². The Labute approximate surface area is 114 Å². The molecule has 0 amide bonds. The number of aromatic hydroxyl groups is 1. The highest BCUT2D eigenvalue weighted by molar-refractivity contribution is 5.48. The van der Waals surface area contributed by atoms with E-state index in [0.717, 1.165) is 35.3 Å². The van der Waals surface area contributed by atoms with Gasteiger partial charge in [0, 0.05) is 5.56 Å². The Hall–Kier alpha value is -1.96. The zero-order valence-corrected chi connectivity index (χ0v) is 11.5. The molecule has 0 bridgehead atoms. The molecule has 0 aliphatic carbocycles. The van der Waals surface area contributed by atoms with E-state index >= 15 is 0 Å². The molecule has 2 nitrogen and oxygen atoms in total. The number of phenolic OH excluding ortho intramolecular Hbond substituents is 1. The molecule has 0 heterocycles. The van der Waals surface area contributed by atoms with Gasteiger partial charge in [0.15, 0.2) is 0 Å². The van der Waals surface area contributed by atoms with E-state index in [9.17, 15) is 5.11 Å². The molecule has 0 aromatic heterocycles. The maximum atomic E-state index is 10.1. The third kappa shape index (κ3) is 3.28. The first-order chi connectivity index (χ1) is 9.22. The molecule has 19 heavy (non-hydrogen) atoms. The van der Waals surface area contributed by atoms with Gasteiger partial charge >= 0.3 is 0 Å². The molecule has 0 atom stereocenters. The summed E-state index contributed by atoms with van der Waals surface area (Å²) in [6.45, 7) is 4.53. The SMILES string of the molecule is CCCc1ccc(OCc2ccccc2)c(C)c1O. The van der Waals surface area contributed by atoms with Crippen molar-refractivity contribution in [3.05, 3.63) is 59.2 Å². The fourth-order valence-electron chi connectivity index (χ4n) is 2.10. The van der Waals surface area contributed by atoms with Crippen LogP contribution in [0.2, 0.25) is 0 Å². The molecule has 2 aromatic rings. The number of hydrogen-bond donors (Lipinski definition) is 1. The highest BCUT2D eigenvalue weighted by atomic mass is 16.5. The van der Waals surface area contributed by atoms with Crippen molar-refractivity contribution < 1.29 is 9.84 Å². The van der Waals surface area contributed by atoms with Crippen molar-refractivity contribution in [2.24, 2.45) is 0 Å². The average molecular weight is 256 g/mol. The van der Waals surface area contributed by atoms with E-state index in [2.05, 4.69) is 6.92 Å². The van der Waals surface area contributed by atoms with Crippen molar-refractivity contribution in [2.75, 3.05) is 0 Å². The third-order valence-electron chi connectivity index (χ3n) is 3.22. The Balaban J connectivity index is 2.11. The Bertz CT molecular complexity index is 532. The summed E-state index contributed by atoms with van der Waals surface area (Å²) in [4.78, 5) is 0. The van der Waals surface area contributed by atoms with Crippen LogP contribution in [0.25, 0.3) is 0 Å². The third-order valence-corrected chi connectivity index (χ3v) is 3.22. The number of phenols is 1. The Kier molecular flexibility index (Phi) is 4.45. The largest absolute Gasteiger partial charge is 0.507 e. The second kappa shape index (κ2) is 6.28. The molecule has 0 radical (unpaired) electrons. The maximum Gasteiger partial charge on any atom is 0.126 e. The lowest BCUT2D eigenvalue weighted by Crippen LogP contribution is -1.98. The molecular formula is C17H20O2. The van der Waals surface area contributed by atoms with E-state index in [1.807, 2.05) is 49.4 Å². The van der Waals surface area contributed by atoms with Crippen molar-refractivity contribution in [3.63, 3.8) is 0 Å². The van der Waals surface area contributed by atoms with Gasteiger partial charge in [0.25, 0.3) is 0 Å². The molecule has 0 spiro atoms. The number of rotatable bonds is 5. The minimum Gasteiger partial charge on any atom is -0.507 e. The summed E-state index contributed by atoms with van der Waals surface area (Å²) in [7, 11) is 0. The van der Waals surface area contributed by atoms with Gasteiger partial charge in [-0.15, -0.1) is 0 Å². The van der Waals surface area contributed by atoms with Gasteiger partial charge in [-0.1, -0.05) is 49.7 Å². The molecule has 0 saturated heterocycles. The summed E-state index contributed by atoms with van der Waals surface area (Å²) < 4.78 is 5.78. The number of ether oxygens (including phenoxy) is 1. The number of hydrogen-bond acceptors (Lipinski definition) is 2. The Morgan fingerprint density at radius 1 is 1.05 bits per heavy atom. The van der Waals surface area contributed by atoms with Gasteiger partial charge in [0.1, 0.15) is 18.1 Å². The number of aryl methyl sites for hydroxylation is 1. The summed E-state index contributed by atoms with van der Waals surface area (Å²) in [5.74, 6) is 1.12. The predicted molar refractivity (Wildman–Crippen MR) is 77.6 cm³/mol. The van der Waals surface area contributed by atoms with Crippen LogP contribution in [0.3, 0.4) is 0 Å². The van der Waals surface area contributed by atoms with Gasteiger partial charge in [-0.05, 0) is 30.5 Å². The molecule has 2 rings (SSSR count). The first-order valence-electron chi connectivity index (χ1n) is 6.70. The second-order valence-electron chi connectivity index (χ2n) is 4.72. The van der Waals surface area contributed by atoms with Gasteiger partial charge in [0.2, 0.25) is 0 Å². The van der Waals surface area contributed by atoms with Crippen LogP contribution >= 0.6 is 0 Å². The summed E-state index contributed by atoms with van der Waals surface area (Å²) >= 11 is 0. The smallest absolute Gasteiger partial charge is 0.126 e. The van der Waals surface area contributed by atoms with E-state index in [-0.39, 0.29) is 0 Å². The van der Waals surface area contributed by atoms with Crippen LogP contribution in [0, 0.1) is 6.92 Å². The molecule has 0 unspecified atom stereocenters. The molecule has 2 aromatic carbocycles. The van der Waals surface area contributed by atoms with E-state index < -0.39 is 0 Å². The Morgan fingerprint density at radius 3 is 2.47 bits per heavy atom. The van der Waals surface area contributed by atoms with Crippen molar-refractivity contribution in [1.82, 2.24) is 0 Å². The molecule has 0 fully saturated rings. The fourth-order valence-corrected chi connectivity index (χ4v) is 2.10. The molecule has 100 valence electrons. The van der Waals surface area contributed by atoms with Crippen LogP contribution < -0.4 is 4.74 Å². The maximum absolute atomic E-state index is 10.1. The molecule has 0 saturated carbocycles. The van der Waals surface area contributed by atoms with Gasteiger partial charge in [-0.25, -0.2) is 0 Å². The minimum atomic E-state index is 0.368. The first-order valence-corrected chi connectivity index (χ1v) is 6.70. The lowest BCUT2D eigenvalue weighted by atomic mass is 10.0. The molecule has 2 heteroatoms. The highest BCUT2D eigenvalue weighted by Crippen LogP contribution is 2.31. The van der Waals surface area contributed by atoms with Crippen molar-refractivity contribution in [2.45, 2.75) is 33.3 Å². The first kappa shape index (κ1) is 13.5. The van der Waals surface area contributed by atoms with Crippen LogP contribution in [0.5, 0.6) is 11.5 Å². The van der Waals surface area contributed by atoms with Crippen LogP contribution in [-0.4, -0.2) is 5.11 Å². The number of benzene rings is 2. The van der Waals surface area contributed by atoms with Crippen LogP contribution in [0.4, 0.5) is 0 Å².